The zero-order valence-electron chi connectivity index (χ0n) is 10.7. The van der Waals surface area contributed by atoms with Crippen LogP contribution in [0.25, 0.3) is 0 Å². The maximum absolute atomic E-state index is 10.6. The minimum Gasteiger partial charge on any atom is -0.377 e. The van der Waals surface area contributed by atoms with Crippen molar-refractivity contribution in [3.8, 4) is 0 Å². The number of anilines is 2. The summed E-state index contributed by atoms with van der Waals surface area (Å²) in [6.45, 7) is 0.547. The number of thiophene rings is 1. The molecule has 7 heteroatoms. The molecule has 0 spiro atoms. The van der Waals surface area contributed by atoms with Gasteiger partial charge in [0.1, 0.15) is 0 Å². The molecular weight excluding hydrogens is 264 g/mol. The summed E-state index contributed by atoms with van der Waals surface area (Å²) in [6, 6.07) is 5.21. The molecule has 19 heavy (non-hydrogen) atoms. The molecule has 0 bridgehead atoms. The van der Waals surface area contributed by atoms with Crippen LogP contribution in [0.3, 0.4) is 0 Å². The molecule has 0 saturated heterocycles. The molecule has 0 aromatic carbocycles. The molecule has 0 radical (unpaired) electrons. The third-order valence-corrected chi connectivity index (χ3v) is 3.60. The number of aromatic nitrogens is 1. The average molecular weight is 278 g/mol. The summed E-state index contributed by atoms with van der Waals surface area (Å²) in [7, 11) is 3.91. The van der Waals surface area contributed by atoms with E-state index in [4.69, 9.17) is 0 Å². The molecule has 0 fully saturated rings. The maximum Gasteiger partial charge on any atom is 0.324 e. The Kier molecular flexibility index (Phi) is 3.96. The zero-order chi connectivity index (χ0) is 13.8. The quantitative estimate of drug-likeness (QED) is 0.672. The Morgan fingerprint density at radius 1 is 1.42 bits per heavy atom. The number of rotatable bonds is 5. The Hall–Kier alpha value is -2.15. The van der Waals surface area contributed by atoms with E-state index < -0.39 is 0 Å². The first kappa shape index (κ1) is 13.3. The Labute approximate surface area is 114 Å². The van der Waals surface area contributed by atoms with Crippen LogP contribution in [0.1, 0.15) is 4.88 Å². The van der Waals surface area contributed by atoms with Crippen LogP contribution in [0.2, 0.25) is 0 Å². The third kappa shape index (κ3) is 3.19. The molecule has 0 aliphatic rings. The summed E-state index contributed by atoms with van der Waals surface area (Å²) < 4.78 is 0. The van der Waals surface area contributed by atoms with Crippen LogP contribution < -0.4 is 10.2 Å². The second kappa shape index (κ2) is 5.66. The summed E-state index contributed by atoms with van der Waals surface area (Å²) in [4.78, 5) is 17.2. The Morgan fingerprint density at radius 3 is 2.84 bits per heavy atom. The predicted molar refractivity (Wildman–Crippen MR) is 76.9 cm³/mol. The third-order valence-electron chi connectivity index (χ3n) is 2.56. The first-order chi connectivity index (χ1) is 9.08. The lowest BCUT2D eigenvalue weighted by molar-refractivity contribution is -0.380. The van der Waals surface area contributed by atoms with Gasteiger partial charge in [-0.05, 0) is 12.1 Å². The van der Waals surface area contributed by atoms with E-state index >= 15 is 0 Å². The lowest BCUT2D eigenvalue weighted by atomic mass is 10.3. The topological polar surface area (TPSA) is 71.3 Å². The first-order valence-electron chi connectivity index (χ1n) is 5.66. The highest BCUT2D eigenvalue weighted by Gasteiger charge is 2.10. The highest BCUT2D eigenvalue weighted by Crippen LogP contribution is 2.27. The lowest BCUT2D eigenvalue weighted by Gasteiger charge is -2.17. The first-order valence-corrected chi connectivity index (χ1v) is 6.48. The summed E-state index contributed by atoms with van der Waals surface area (Å²) in [5.41, 5.74) is 1.93. The van der Waals surface area contributed by atoms with Gasteiger partial charge >= 0.3 is 5.00 Å². The number of hydrogen-bond donors (Lipinski definition) is 1. The fraction of sp³-hybridized carbons (Fsp3) is 0.250. The van der Waals surface area contributed by atoms with E-state index in [1.54, 1.807) is 18.5 Å². The second-order valence-electron chi connectivity index (χ2n) is 4.14. The Balaban J connectivity index is 2.08. The van der Waals surface area contributed by atoms with E-state index in [2.05, 4.69) is 10.3 Å². The SMILES string of the molecule is CN(C)c1ccncc1NCc1ccc([N+](=O)[O-])s1. The average Bonchev–Trinajstić information content (AvgIpc) is 2.85. The standard InChI is InChI=1S/C12H14N4O2S/c1-15(2)11-5-6-13-8-10(11)14-7-9-3-4-12(19-9)16(17)18/h3-6,8,14H,7H2,1-2H3. The van der Waals surface area contributed by atoms with Crippen molar-refractivity contribution < 1.29 is 4.92 Å². The second-order valence-corrected chi connectivity index (χ2v) is 5.28. The van der Waals surface area contributed by atoms with Crippen molar-refractivity contribution in [3.63, 3.8) is 0 Å². The van der Waals surface area contributed by atoms with Crippen molar-refractivity contribution in [1.29, 1.82) is 0 Å². The van der Waals surface area contributed by atoms with E-state index in [1.165, 1.54) is 17.4 Å². The number of nitro groups is 1. The molecule has 2 heterocycles. The summed E-state index contributed by atoms with van der Waals surface area (Å²) in [5.74, 6) is 0. The van der Waals surface area contributed by atoms with Gasteiger partial charge in [-0.2, -0.15) is 0 Å². The van der Waals surface area contributed by atoms with Crippen molar-refractivity contribution in [2.24, 2.45) is 0 Å². The minimum atomic E-state index is -0.372. The van der Waals surface area contributed by atoms with Crippen LogP contribution in [-0.2, 0) is 6.54 Å². The molecule has 1 N–H and O–H groups in total. The van der Waals surface area contributed by atoms with Crippen LogP contribution in [0.15, 0.2) is 30.6 Å². The molecule has 0 atom stereocenters. The van der Waals surface area contributed by atoms with Crippen molar-refractivity contribution in [3.05, 3.63) is 45.6 Å². The van der Waals surface area contributed by atoms with Gasteiger partial charge in [-0.1, -0.05) is 11.3 Å². The molecule has 2 aromatic heterocycles. The Bertz CT molecular complexity index is 583. The molecule has 0 aliphatic heterocycles. The van der Waals surface area contributed by atoms with Crippen LogP contribution in [-0.4, -0.2) is 24.0 Å². The highest BCUT2D eigenvalue weighted by atomic mass is 32.1. The van der Waals surface area contributed by atoms with Gasteiger partial charge < -0.3 is 10.2 Å². The van der Waals surface area contributed by atoms with Crippen molar-refractivity contribution in [2.45, 2.75) is 6.54 Å². The summed E-state index contributed by atoms with van der Waals surface area (Å²) in [5, 5.41) is 14.0. The number of nitrogens with zero attached hydrogens (tertiary/aromatic N) is 3. The summed E-state index contributed by atoms with van der Waals surface area (Å²) in [6.07, 6.45) is 3.48. The van der Waals surface area contributed by atoms with Gasteiger partial charge in [0, 0.05) is 37.8 Å². The molecule has 2 aromatic rings. The Morgan fingerprint density at radius 2 is 2.21 bits per heavy atom. The molecule has 0 saturated carbocycles. The van der Waals surface area contributed by atoms with Crippen molar-refractivity contribution >= 4 is 27.7 Å². The van der Waals surface area contributed by atoms with Gasteiger partial charge in [0.25, 0.3) is 0 Å². The molecule has 0 unspecified atom stereocenters. The van der Waals surface area contributed by atoms with Gasteiger partial charge in [-0.15, -0.1) is 0 Å². The van der Waals surface area contributed by atoms with Gasteiger partial charge in [-0.25, -0.2) is 0 Å². The zero-order valence-corrected chi connectivity index (χ0v) is 11.5. The number of pyridine rings is 1. The largest absolute Gasteiger partial charge is 0.377 e. The minimum absolute atomic E-state index is 0.163. The van der Waals surface area contributed by atoms with Crippen molar-refractivity contribution in [2.75, 3.05) is 24.3 Å². The van der Waals surface area contributed by atoms with Crippen LogP contribution >= 0.6 is 11.3 Å². The lowest BCUT2D eigenvalue weighted by Crippen LogP contribution is -2.12. The fourth-order valence-corrected chi connectivity index (χ4v) is 2.42. The van der Waals surface area contributed by atoms with Crippen molar-refractivity contribution in [1.82, 2.24) is 4.98 Å². The van der Waals surface area contributed by atoms with E-state index in [9.17, 15) is 10.1 Å². The van der Waals surface area contributed by atoms with E-state index in [-0.39, 0.29) is 9.92 Å². The molecule has 6 nitrogen and oxygen atoms in total. The number of nitrogens with one attached hydrogen (secondary N) is 1. The summed E-state index contributed by atoms with van der Waals surface area (Å²) >= 11 is 1.18. The van der Waals surface area contributed by atoms with Crippen LogP contribution in [0.4, 0.5) is 16.4 Å². The molecular formula is C12H14N4O2S. The van der Waals surface area contributed by atoms with E-state index in [0.29, 0.717) is 6.54 Å². The van der Waals surface area contributed by atoms with Crippen LogP contribution in [0.5, 0.6) is 0 Å². The van der Waals surface area contributed by atoms with Gasteiger partial charge in [0.2, 0.25) is 0 Å². The van der Waals surface area contributed by atoms with Gasteiger partial charge in [0.15, 0.2) is 0 Å². The fourth-order valence-electron chi connectivity index (χ4n) is 1.66. The number of hydrogen-bond acceptors (Lipinski definition) is 6. The maximum atomic E-state index is 10.6. The van der Waals surface area contributed by atoms with E-state index in [1.807, 2.05) is 25.1 Å². The molecule has 0 amide bonds. The molecule has 100 valence electrons. The van der Waals surface area contributed by atoms with Crippen LogP contribution in [0, 0.1) is 10.1 Å². The predicted octanol–water partition coefficient (Wildman–Crippen LogP) is 2.73. The smallest absolute Gasteiger partial charge is 0.324 e. The van der Waals surface area contributed by atoms with Gasteiger partial charge in [-0.3, -0.25) is 15.1 Å². The normalized spacial score (nSPS) is 10.2. The van der Waals surface area contributed by atoms with E-state index in [0.717, 1.165) is 16.3 Å². The van der Waals surface area contributed by atoms with Gasteiger partial charge in [0.05, 0.1) is 22.5 Å². The monoisotopic (exact) mass is 278 g/mol. The molecule has 0 aliphatic carbocycles. The highest BCUT2D eigenvalue weighted by molar-refractivity contribution is 7.15. The molecule has 2 rings (SSSR count).